The number of aromatic hydroxyl groups is 1. The molecule has 1 aromatic carbocycles. The lowest BCUT2D eigenvalue weighted by Gasteiger charge is -2.37. The van der Waals surface area contributed by atoms with Crippen LogP contribution in [0.3, 0.4) is 0 Å². The fraction of sp³-hybridized carbons (Fsp3) is 0.632. The zero-order valence-corrected chi connectivity index (χ0v) is 14.1. The second-order valence-corrected chi connectivity index (χ2v) is 7.40. The monoisotopic (exact) mass is 317 g/mol. The average Bonchev–Trinajstić information content (AvgIpc) is 2.53. The summed E-state index contributed by atoms with van der Waals surface area (Å²) >= 11 is 0. The lowest BCUT2D eigenvalue weighted by Crippen LogP contribution is -2.32. The van der Waals surface area contributed by atoms with Gasteiger partial charge in [0.25, 0.3) is 0 Å². The van der Waals surface area contributed by atoms with E-state index >= 15 is 0 Å². The summed E-state index contributed by atoms with van der Waals surface area (Å²) in [6, 6.07) is 3.99. The smallest absolute Gasteiger partial charge is 0.126 e. The van der Waals surface area contributed by atoms with Crippen LogP contribution < -0.4 is 4.74 Å². The molecule has 0 spiro atoms. The Bertz CT molecular complexity index is 595. The molecule has 4 nitrogen and oxygen atoms in total. The van der Waals surface area contributed by atoms with Crippen LogP contribution in [0.1, 0.15) is 63.0 Å². The molecule has 1 aromatic rings. The lowest BCUT2D eigenvalue weighted by atomic mass is 9.73. The molecule has 0 saturated heterocycles. The molecule has 2 atom stereocenters. The molecule has 2 N–H and O–H groups in total. The van der Waals surface area contributed by atoms with Gasteiger partial charge in [-0.05, 0) is 55.7 Å². The molecule has 1 aliphatic carbocycles. The van der Waals surface area contributed by atoms with E-state index in [0.29, 0.717) is 24.2 Å². The third kappa shape index (κ3) is 3.46. The minimum atomic E-state index is 0.211. The highest BCUT2D eigenvalue weighted by atomic mass is 16.5. The molecule has 4 heteroatoms. The molecule has 0 amide bonds. The topological polar surface area (TPSA) is 62.0 Å². The van der Waals surface area contributed by atoms with Crippen LogP contribution in [0, 0.1) is 11.8 Å². The van der Waals surface area contributed by atoms with Crippen molar-refractivity contribution in [3.63, 3.8) is 0 Å². The van der Waals surface area contributed by atoms with Gasteiger partial charge in [0.15, 0.2) is 0 Å². The Labute approximate surface area is 138 Å². The molecule has 1 aliphatic heterocycles. The summed E-state index contributed by atoms with van der Waals surface area (Å²) in [6.07, 6.45) is 5.80. The van der Waals surface area contributed by atoms with Crippen LogP contribution in [0.2, 0.25) is 0 Å². The Morgan fingerprint density at radius 3 is 2.91 bits per heavy atom. The second kappa shape index (κ2) is 6.81. The summed E-state index contributed by atoms with van der Waals surface area (Å²) in [5, 5.41) is 23.0. The number of hydrogen-bond donors (Lipinski definition) is 2. The van der Waals surface area contributed by atoms with Gasteiger partial charge in [-0.15, -0.1) is 0 Å². The first-order valence-corrected chi connectivity index (χ1v) is 8.77. The number of phenolic OH excluding ortho intramolecular Hbond substituents is 1. The molecule has 23 heavy (non-hydrogen) atoms. The quantitative estimate of drug-likeness (QED) is 0.636. The SMILES string of the molecule is CC(C)CCCc1cc(O)c2c(c1)OCC1CC/C(=N\O)CC21. The normalized spacial score (nSPS) is 25.1. The zero-order valence-electron chi connectivity index (χ0n) is 14.1. The minimum Gasteiger partial charge on any atom is -0.508 e. The Balaban J connectivity index is 1.81. The van der Waals surface area contributed by atoms with Crippen LogP contribution in [-0.4, -0.2) is 22.6 Å². The molecular weight excluding hydrogens is 290 g/mol. The van der Waals surface area contributed by atoms with Crippen LogP contribution in [0.15, 0.2) is 17.3 Å². The molecule has 0 radical (unpaired) electrons. The van der Waals surface area contributed by atoms with Gasteiger partial charge < -0.3 is 15.1 Å². The molecular formula is C19H27NO3. The average molecular weight is 317 g/mol. The summed E-state index contributed by atoms with van der Waals surface area (Å²) in [5.74, 6) is 2.49. The number of benzene rings is 1. The van der Waals surface area contributed by atoms with Gasteiger partial charge in [0.2, 0.25) is 0 Å². The van der Waals surface area contributed by atoms with E-state index in [1.54, 1.807) is 0 Å². The number of phenols is 1. The molecule has 126 valence electrons. The van der Waals surface area contributed by atoms with Crippen molar-refractivity contribution >= 4 is 5.71 Å². The lowest BCUT2D eigenvalue weighted by molar-refractivity contribution is 0.175. The highest BCUT2D eigenvalue weighted by Gasteiger charge is 2.37. The van der Waals surface area contributed by atoms with Crippen molar-refractivity contribution in [3.8, 4) is 11.5 Å². The first-order valence-electron chi connectivity index (χ1n) is 8.77. The van der Waals surface area contributed by atoms with Crippen molar-refractivity contribution < 1.29 is 15.1 Å². The molecule has 3 rings (SSSR count). The number of rotatable bonds is 4. The van der Waals surface area contributed by atoms with Crippen LogP contribution in [0.4, 0.5) is 0 Å². The van der Waals surface area contributed by atoms with Crippen molar-refractivity contribution in [3.05, 3.63) is 23.3 Å². The molecule has 2 unspecified atom stereocenters. The maximum atomic E-state index is 10.6. The van der Waals surface area contributed by atoms with Gasteiger partial charge in [0.1, 0.15) is 11.5 Å². The van der Waals surface area contributed by atoms with E-state index in [2.05, 4.69) is 25.1 Å². The summed E-state index contributed by atoms with van der Waals surface area (Å²) in [6.45, 7) is 5.17. The van der Waals surface area contributed by atoms with Gasteiger partial charge in [-0.3, -0.25) is 0 Å². The minimum absolute atomic E-state index is 0.211. The molecule has 0 bridgehead atoms. The van der Waals surface area contributed by atoms with Gasteiger partial charge in [-0.2, -0.15) is 0 Å². The predicted octanol–water partition coefficient (Wildman–Crippen LogP) is 4.48. The summed E-state index contributed by atoms with van der Waals surface area (Å²) in [5.41, 5.74) is 2.89. The molecule has 2 aliphatic rings. The Morgan fingerprint density at radius 2 is 2.17 bits per heavy atom. The van der Waals surface area contributed by atoms with E-state index in [1.807, 2.05) is 6.07 Å². The largest absolute Gasteiger partial charge is 0.508 e. The zero-order chi connectivity index (χ0) is 16.4. The van der Waals surface area contributed by atoms with Gasteiger partial charge >= 0.3 is 0 Å². The molecule has 0 aromatic heterocycles. The van der Waals surface area contributed by atoms with E-state index in [9.17, 15) is 5.11 Å². The van der Waals surface area contributed by atoms with E-state index in [4.69, 9.17) is 9.94 Å². The Kier molecular flexibility index (Phi) is 4.79. The van der Waals surface area contributed by atoms with E-state index in [1.165, 1.54) is 6.42 Å². The number of hydrogen-bond acceptors (Lipinski definition) is 4. The van der Waals surface area contributed by atoms with E-state index in [-0.39, 0.29) is 5.92 Å². The first-order chi connectivity index (χ1) is 11.1. The predicted molar refractivity (Wildman–Crippen MR) is 90.7 cm³/mol. The van der Waals surface area contributed by atoms with E-state index in [0.717, 1.165) is 54.7 Å². The number of aryl methyl sites for hydroxylation is 1. The highest BCUT2D eigenvalue weighted by Crippen LogP contribution is 2.48. The van der Waals surface area contributed by atoms with Gasteiger partial charge in [0.05, 0.1) is 12.3 Å². The molecule has 1 heterocycles. The Hall–Kier alpha value is -1.71. The van der Waals surface area contributed by atoms with Crippen LogP contribution in [0.5, 0.6) is 11.5 Å². The first kappa shape index (κ1) is 16.2. The van der Waals surface area contributed by atoms with Crippen LogP contribution in [-0.2, 0) is 6.42 Å². The van der Waals surface area contributed by atoms with Gasteiger partial charge in [-0.1, -0.05) is 25.4 Å². The maximum absolute atomic E-state index is 10.6. The van der Waals surface area contributed by atoms with Crippen molar-refractivity contribution in [1.29, 1.82) is 0 Å². The number of nitrogens with zero attached hydrogens (tertiary/aromatic N) is 1. The van der Waals surface area contributed by atoms with Gasteiger partial charge in [-0.25, -0.2) is 0 Å². The van der Waals surface area contributed by atoms with Crippen molar-refractivity contribution in [2.24, 2.45) is 17.0 Å². The molecule has 1 saturated carbocycles. The fourth-order valence-corrected chi connectivity index (χ4v) is 3.92. The Morgan fingerprint density at radius 1 is 1.35 bits per heavy atom. The fourth-order valence-electron chi connectivity index (χ4n) is 3.92. The third-order valence-electron chi connectivity index (χ3n) is 5.22. The number of fused-ring (bicyclic) bond motifs is 3. The van der Waals surface area contributed by atoms with Gasteiger partial charge in [0, 0.05) is 17.4 Å². The van der Waals surface area contributed by atoms with Crippen molar-refractivity contribution in [1.82, 2.24) is 0 Å². The second-order valence-electron chi connectivity index (χ2n) is 7.40. The maximum Gasteiger partial charge on any atom is 0.126 e. The van der Waals surface area contributed by atoms with Crippen molar-refractivity contribution in [2.75, 3.05) is 6.61 Å². The molecule has 1 fully saturated rings. The summed E-state index contributed by atoms with van der Waals surface area (Å²) < 4.78 is 5.95. The third-order valence-corrected chi connectivity index (χ3v) is 5.22. The van der Waals surface area contributed by atoms with Crippen molar-refractivity contribution in [2.45, 2.75) is 58.3 Å². The summed E-state index contributed by atoms with van der Waals surface area (Å²) in [4.78, 5) is 0. The highest BCUT2D eigenvalue weighted by molar-refractivity contribution is 5.86. The van der Waals surface area contributed by atoms with Crippen LogP contribution in [0.25, 0.3) is 0 Å². The summed E-state index contributed by atoms with van der Waals surface area (Å²) in [7, 11) is 0. The number of oxime groups is 1. The standard InChI is InChI=1S/C19H27NO3/c1-12(2)4-3-5-13-8-17(21)19-16-10-15(20-22)7-6-14(16)11-23-18(19)9-13/h8-9,12,14,16,21-22H,3-7,10-11H2,1-2H3/b20-15+. The van der Waals surface area contributed by atoms with E-state index < -0.39 is 0 Å². The van der Waals surface area contributed by atoms with Crippen LogP contribution >= 0.6 is 0 Å². The number of ether oxygens (including phenoxy) is 1.